The van der Waals surface area contributed by atoms with Gasteiger partial charge in [0, 0.05) is 27.1 Å². The lowest BCUT2D eigenvalue weighted by atomic mass is 10.2. The minimum absolute atomic E-state index is 0.519. The Labute approximate surface area is 113 Å². The highest BCUT2D eigenvalue weighted by Gasteiger charge is 2.25. The summed E-state index contributed by atoms with van der Waals surface area (Å²) in [5, 5.41) is 4.68. The van der Waals surface area contributed by atoms with E-state index in [2.05, 4.69) is 37.6 Å². The topological polar surface area (TPSA) is 12.0 Å². The molecule has 1 aliphatic carbocycles. The van der Waals surface area contributed by atoms with Gasteiger partial charge in [-0.15, -0.1) is 11.3 Å². The van der Waals surface area contributed by atoms with Crippen molar-refractivity contribution in [3.63, 3.8) is 0 Å². The third kappa shape index (κ3) is 3.49. The maximum atomic E-state index is 3.79. The lowest BCUT2D eigenvalue weighted by Crippen LogP contribution is -2.29. The molecule has 17 heavy (non-hydrogen) atoms. The number of thiophene rings is 1. The second kappa shape index (κ2) is 6.26. The predicted molar refractivity (Wildman–Crippen MR) is 80.2 cm³/mol. The first-order valence-electron chi connectivity index (χ1n) is 6.60. The van der Waals surface area contributed by atoms with Crippen LogP contribution in [0.1, 0.15) is 48.9 Å². The van der Waals surface area contributed by atoms with Crippen LogP contribution in [0.25, 0.3) is 0 Å². The molecule has 1 nitrogen and oxygen atoms in total. The van der Waals surface area contributed by atoms with Crippen LogP contribution in [0, 0.1) is 0 Å². The lowest BCUT2D eigenvalue weighted by Gasteiger charge is -2.18. The van der Waals surface area contributed by atoms with Crippen molar-refractivity contribution >= 4 is 23.1 Å². The summed E-state index contributed by atoms with van der Waals surface area (Å²) in [5.41, 5.74) is 0. The van der Waals surface area contributed by atoms with Crippen LogP contribution >= 0.6 is 23.1 Å². The fourth-order valence-electron chi connectivity index (χ4n) is 2.56. The SMILES string of the molecule is CCc1ccc(C(C)NC2CCC(SC)C2)s1. The molecule has 0 saturated heterocycles. The molecule has 1 heterocycles. The van der Waals surface area contributed by atoms with E-state index < -0.39 is 0 Å². The fraction of sp³-hybridized carbons (Fsp3) is 0.714. The molecule has 3 unspecified atom stereocenters. The highest BCUT2D eigenvalue weighted by atomic mass is 32.2. The van der Waals surface area contributed by atoms with Crippen LogP contribution in [0.15, 0.2) is 12.1 Å². The van der Waals surface area contributed by atoms with Crippen molar-refractivity contribution in [3.05, 3.63) is 21.9 Å². The minimum atomic E-state index is 0.519. The second-order valence-electron chi connectivity index (χ2n) is 4.91. The summed E-state index contributed by atoms with van der Waals surface area (Å²) < 4.78 is 0. The van der Waals surface area contributed by atoms with Gasteiger partial charge in [0.05, 0.1) is 0 Å². The summed E-state index contributed by atoms with van der Waals surface area (Å²) in [5.74, 6) is 0. The average molecular weight is 269 g/mol. The van der Waals surface area contributed by atoms with Gasteiger partial charge in [0.15, 0.2) is 0 Å². The molecule has 0 aromatic carbocycles. The molecule has 96 valence electrons. The van der Waals surface area contributed by atoms with Gasteiger partial charge in [0.25, 0.3) is 0 Å². The Morgan fingerprint density at radius 2 is 2.29 bits per heavy atom. The molecule has 0 amide bonds. The molecule has 0 radical (unpaired) electrons. The van der Waals surface area contributed by atoms with Crippen molar-refractivity contribution in [2.75, 3.05) is 6.26 Å². The van der Waals surface area contributed by atoms with E-state index in [0.29, 0.717) is 6.04 Å². The van der Waals surface area contributed by atoms with E-state index in [1.807, 2.05) is 23.1 Å². The van der Waals surface area contributed by atoms with Gasteiger partial charge >= 0.3 is 0 Å². The smallest absolute Gasteiger partial charge is 0.0388 e. The Morgan fingerprint density at radius 1 is 1.47 bits per heavy atom. The van der Waals surface area contributed by atoms with Gasteiger partial charge in [0.1, 0.15) is 0 Å². The van der Waals surface area contributed by atoms with Crippen molar-refractivity contribution in [2.24, 2.45) is 0 Å². The Hall–Kier alpha value is 0.01000. The molecule has 2 rings (SSSR count). The number of hydrogen-bond donors (Lipinski definition) is 1. The summed E-state index contributed by atoms with van der Waals surface area (Å²) in [6.07, 6.45) is 7.48. The molecule has 0 aliphatic heterocycles. The number of aryl methyl sites for hydroxylation is 1. The zero-order chi connectivity index (χ0) is 12.3. The quantitative estimate of drug-likeness (QED) is 0.858. The van der Waals surface area contributed by atoms with Crippen LogP contribution in [-0.4, -0.2) is 17.5 Å². The van der Waals surface area contributed by atoms with Crippen molar-refractivity contribution in [2.45, 2.75) is 56.9 Å². The molecule has 1 saturated carbocycles. The summed E-state index contributed by atoms with van der Waals surface area (Å²) >= 11 is 3.99. The first-order chi connectivity index (χ1) is 8.22. The van der Waals surface area contributed by atoms with Gasteiger partial charge < -0.3 is 5.32 Å². The van der Waals surface area contributed by atoms with Gasteiger partial charge in [-0.05, 0) is 51.0 Å². The Morgan fingerprint density at radius 3 is 2.88 bits per heavy atom. The van der Waals surface area contributed by atoms with Gasteiger partial charge in [0.2, 0.25) is 0 Å². The van der Waals surface area contributed by atoms with E-state index in [9.17, 15) is 0 Å². The molecular formula is C14H23NS2. The first-order valence-corrected chi connectivity index (χ1v) is 8.70. The zero-order valence-corrected chi connectivity index (χ0v) is 12.7. The summed E-state index contributed by atoms with van der Waals surface area (Å²) in [6.45, 7) is 4.53. The molecule has 1 aromatic rings. The van der Waals surface area contributed by atoms with Crippen LogP contribution in [0.2, 0.25) is 0 Å². The van der Waals surface area contributed by atoms with E-state index >= 15 is 0 Å². The van der Waals surface area contributed by atoms with Gasteiger partial charge in [-0.3, -0.25) is 0 Å². The lowest BCUT2D eigenvalue weighted by molar-refractivity contribution is 0.466. The molecule has 1 aromatic heterocycles. The average Bonchev–Trinajstić information content (AvgIpc) is 2.96. The number of rotatable bonds is 5. The summed E-state index contributed by atoms with van der Waals surface area (Å²) in [6, 6.07) is 5.82. The summed E-state index contributed by atoms with van der Waals surface area (Å²) in [7, 11) is 0. The maximum Gasteiger partial charge on any atom is 0.0388 e. The molecule has 0 bridgehead atoms. The van der Waals surface area contributed by atoms with Crippen LogP contribution in [-0.2, 0) is 6.42 Å². The third-order valence-corrected chi connectivity index (χ3v) is 6.17. The van der Waals surface area contributed by atoms with Crippen LogP contribution in [0.4, 0.5) is 0 Å². The molecule has 1 aliphatic rings. The first kappa shape index (κ1) is 13.4. The van der Waals surface area contributed by atoms with Crippen molar-refractivity contribution in [1.82, 2.24) is 5.32 Å². The molecule has 1 N–H and O–H groups in total. The molecule has 3 heteroatoms. The Bertz CT molecular complexity index is 348. The number of nitrogens with one attached hydrogen (secondary N) is 1. The van der Waals surface area contributed by atoms with E-state index in [1.54, 1.807) is 0 Å². The van der Waals surface area contributed by atoms with Gasteiger partial charge in [-0.1, -0.05) is 6.92 Å². The third-order valence-electron chi connectivity index (χ3n) is 3.66. The Kier molecular flexibility index (Phi) is 4.95. The van der Waals surface area contributed by atoms with Gasteiger partial charge in [-0.2, -0.15) is 11.8 Å². The highest BCUT2D eigenvalue weighted by Crippen LogP contribution is 2.31. The van der Waals surface area contributed by atoms with Crippen molar-refractivity contribution < 1.29 is 0 Å². The molecule has 1 fully saturated rings. The minimum Gasteiger partial charge on any atom is -0.307 e. The van der Waals surface area contributed by atoms with E-state index in [0.717, 1.165) is 17.7 Å². The van der Waals surface area contributed by atoms with Gasteiger partial charge in [-0.25, -0.2) is 0 Å². The van der Waals surface area contributed by atoms with Crippen LogP contribution < -0.4 is 5.32 Å². The van der Waals surface area contributed by atoms with Crippen molar-refractivity contribution in [1.29, 1.82) is 0 Å². The number of thioether (sulfide) groups is 1. The Balaban J connectivity index is 1.86. The standard InChI is InChI=1S/C14H23NS2/c1-4-12-7-8-14(17-12)10(2)15-11-5-6-13(9-11)16-3/h7-8,10-11,13,15H,4-6,9H2,1-3H3. The highest BCUT2D eigenvalue weighted by molar-refractivity contribution is 7.99. The monoisotopic (exact) mass is 269 g/mol. The molecular weight excluding hydrogens is 246 g/mol. The predicted octanol–water partition coefficient (Wildman–Crippen LogP) is 4.25. The van der Waals surface area contributed by atoms with Crippen LogP contribution in [0.3, 0.4) is 0 Å². The normalized spacial score (nSPS) is 26.3. The van der Waals surface area contributed by atoms with E-state index in [1.165, 1.54) is 29.0 Å². The largest absolute Gasteiger partial charge is 0.307 e. The van der Waals surface area contributed by atoms with Crippen molar-refractivity contribution in [3.8, 4) is 0 Å². The van der Waals surface area contributed by atoms with E-state index in [4.69, 9.17) is 0 Å². The maximum absolute atomic E-state index is 3.79. The fourth-order valence-corrected chi connectivity index (χ4v) is 4.32. The molecule has 3 atom stereocenters. The zero-order valence-electron chi connectivity index (χ0n) is 11.0. The molecule has 0 spiro atoms. The van der Waals surface area contributed by atoms with Crippen LogP contribution in [0.5, 0.6) is 0 Å². The summed E-state index contributed by atoms with van der Waals surface area (Å²) in [4.78, 5) is 3.00. The van der Waals surface area contributed by atoms with E-state index in [-0.39, 0.29) is 0 Å². The second-order valence-corrected chi connectivity index (χ2v) is 7.25. The number of hydrogen-bond acceptors (Lipinski definition) is 3.